The zero-order valence-corrected chi connectivity index (χ0v) is 16.4. The molecule has 0 radical (unpaired) electrons. The SMILES string of the molecule is CCCNC(Cc1cccc(Cl)c1)c1cc(Br)ccc1I. The van der Waals surface area contributed by atoms with Crippen molar-refractivity contribution in [3.8, 4) is 0 Å². The summed E-state index contributed by atoms with van der Waals surface area (Å²) in [5.41, 5.74) is 2.59. The number of halogens is 3. The lowest BCUT2D eigenvalue weighted by Gasteiger charge is -2.21. The molecule has 0 saturated carbocycles. The molecule has 1 nitrogen and oxygen atoms in total. The van der Waals surface area contributed by atoms with E-state index in [2.05, 4.69) is 75.0 Å². The molecular formula is C17H18BrClIN. The van der Waals surface area contributed by atoms with Crippen LogP contribution in [0, 0.1) is 3.57 Å². The fourth-order valence-electron chi connectivity index (χ4n) is 2.29. The molecule has 0 fully saturated rings. The summed E-state index contributed by atoms with van der Waals surface area (Å²) < 4.78 is 2.40. The van der Waals surface area contributed by atoms with E-state index in [-0.39, 0.29) is 0 Å². The molecule has 2 rings (SSSR count). The number of nitrogens with one attached hydrogen (secondary N) is 1. The Hall–Kier alpha value is -0.100. The average Bonchev–Trinajstić information content (AvgIpc) is 2.46. The molecule has 1 atom stereocenters. The first-order chi connectivity index (χ1) is 10.1. The molecule has 0 bridgehead atoms. The van der Waals surface area contributed by atoms with Crippen molar-refractivity contribution in [2.75, 3.05) is 6.54 Å². The van der Waals surface area contributed by atoms with E-state index in [0.29, 0.717) is 6.04 Å². The Morgan fingerprint density at radius 2 is 2.05 bits per heavy atom. The van der Waals surface area contributed by atoms with Crippen LogP contribution in [0.4, 0.5) is 0 Å². The van der Waals surface area contributed by atoms with Crippen LogP contribution >= 0.6 is 50.1 Å². The maximum absolute atomic E-state index is 6.11. The molecule has 0 aromatic heterocycles. The third-order valence-corrected chi connectivity index (χ3v) is 5.01. The van der Waals surface area contributed by atoms with Gasteiger partial charge in [-0.25, -0.2) is 0 Å². The summed E-state index contributed by atoms with van der Waals surface area (Å²) in [6.07, 6.45) is 2.06. The summed E-state index contributed by atoms with van der Waals surface area (Å²) in [5, 5.41) is 4.45. The van der Waals surface area contributed by atoms with Crippen LogP contribution in [-0.2, 0) is 6.42 Å². The fourth-order valence-corrected chi connectivity index (χ4v) is 3.60. The number of hydrogen-bond donors (Lipinski definition) is 1. The van der Waals surface area contributed by atoms with Crippen LogP contribution in [0.15, 0.2) is 46.9 Å². The predicted octanol–water partition coefficient (Wildman–Crippen LogP) is 5.99. The number of rotatable bonds is 6. The highest BCUT2D eigenvalue weighted by molar-refractivity contribution is 14.1. The van der Waals surface area contributed by atoms with Crippen molar-refractivity contribution in [2.24, 2.45) is 0 Å². The quantitative estimate of drug-likeness (QED) is 0.503. The minimum atomic E-state index is 0.299. The molecule has 2 aromatic carbocycles. The molecule has 2 aromatic rings. The Balaban J connectivity index is 2.27. The molecule has 4 heteroatoms. The summed E-state index contributed by atoms with van der Waals surface area (Å²) in [5.74, 6) is 0. The lowest BCUT2D eigenvalue weighted by Crippen LogP contribution is -2.25. The zero-order chi connectivity index (χ0) is 15.2. The Bertz CT molecular complexity index is 603. The molecule has 0 spiro atoms. The second kappa shape index (κ2) is 8.51. The minimum absolute atomic E-state index is 0.299. The molecule has 0 aliphatic rings. The molecule has 0 amide bonds. The summed E-state index contributed by atoms with van der Waals surface area (Å²) in [6.45, 7) is 3.20. The Morgan fingerprint density at radius 1 is 1.24 bits per heavy atom. The predicted molar refractivity (Wildman–Crippen MR) is 103 cm³/mol. The van der Waals surface area contributed by atoms with Gasteiger partial charge in [0.15, 0.2) is 0 Å². The van der Waals surface area contributed by atoms with E-state index in [1.165, 1.54) is 14.7 Å². The molecular weight excluding hydrogens is 460 g/mol. The van der Waals surface area contributed by atoms with Gasteiger partial charge < -0.3 is 5.32 Å². The number of hydrogen-bond acceptors (Lipinski definition) is 1. The monoisotopic (exact) mass is 477 g/mol. The smallest absolute Gasteiger partial charge is 0.0408 e. The molecule has 0 saturated heterocycles. The van der Waals surface area contributed by atoms with Crippen molar-refractivity contribution >= 4 is 50.1 Å². The number of benzene rings is 2. The summed E-state index contributed by atoms with van der Waals surface area (Å²) in [6, 6.07) is 14.9. The molecule has 1 unspecified atom stereocenters. The van der Waals surface area contributed by atoms with Gasteiger partial charge in [-0.15, -0.1) is 0 Å². The van der Waals surface area contributed by atoms with E-state index < -0.39 is 0 Å². The van der Waals surface area contributed by atoms with Gasteiger partial charge in [0.05, 0.1) is 0 Å². The third kappa shape index (κ3) is 5.23. The third-order valence-electron chi connectivity index (χ3n) is 3.30. The second-order valence-corrected chi connectivity index (χ2v) is 7.52. The van der Waals surface area contributed by atoms with Crippen LogP contribution in [-0.4, -0.2) is 6.54 Å². The van der Waals surface area contributed by atoms with E-state index in [0.717, 1.165) is 28.9 Å². The van der Waals surface area contributed by atoms with Gasteiger partial charge in [0.1, 0.15) is 0 Å². The second-order valence-electron chi connectivity index (χ2n) is 5.01. The highest BCUT2D eigenvalue weighted by atomic mass is 127. The summed E-state index contributed by atoms with van der Waals surface area (Å²) in [4.78, 5) is 0. The lowest BCUT2D eigenvalue weighted by atomic mass is 9.99. The highest BCUT2D eigenvalue weighted by Crippen LogP contribution is 2.27. The van der Waals surface area contributed by atoms with Gasteiger partial charge >= 0.3 is 0 Å². The van der Waals surface area contributed by atoms with Crippen LogP contribution < -0.4 is 5.32 Å². The molecule has 0 aliphatic carbocycles. The topological polar surface area (TPSA) is 12.0 Å². The van der Waals surface area contributed by atoms with Gasteiger partial charge in [0.2, 0.25) is 0 Å². The van der Waals surface area contributed by atoms with Crippen LogP contribution in [0.3, 0.4) is 0 Å². The Morgan fingerprint density at radius 3 is 2.76 bits per heavy atom. The van der Waals surface area contributed by atoms with Crippen LogP contribution in [0.25, 0.3) is 0 Å². The highest BCUT2D eigenvalue weighted by Gasteiger charge is 2.15. The molecule has 0 aliphatic heterocycles. The van der Waals surface area contributed by atoms with Crippen molar-refractivity contribution in [3.05, 3.63) is 66.7 Å². The largest absolute Gasteiger partial charge is 0.310 e. The van der Waals surface area contributed by atoms with Gasteiger partial charge in [-0.1, -0.05) is 46.6 Å². The molecule has 21 heavy (non-hydrogen) atoms. The van der Waals surface area contributed by atoms with Gasteiger partial charge in [-0.2, -0.15) is 0 Å². The average molecular weight is 479 g/mol. The van der Waals surface area contributed by atoms with Gasteiger partial charge in [0.25, 0.3) is 0 Å². The van der Waals surface area contributed by atoms with Crippen molar-refractivity contribution in [2.45, 2.75) is 25.8 Å². The lowest BCUT2D eigenvalue weighted by molar-refractivity contribution is 0.527. The van der Waals surface area contributed by atoms with Gasteiger partial charge in [-0.3, -0.25) is 0 Å². The first-order valence-corrected chi connectivity index (χ1v) is 9.28. The summed E-state index contributed by atoms with van der Waals surface area (Å²) >= 11 is 12.1. The van der Waals surface area contributed by atoms with E-state index >= 15 is 0 Å². The van der Waals surface area contributed by atoms with Crippen LogP contribution in [0.2, 0.25) is 5.02 Å². The van der Waals surface area contributed by atoms with Gasteiger partial charge in [-0.05, 0) is 83.4 Å². The molecule has 1 N–H and O–H groups in total. The van der Waals surface area contributed by atoms with E-state index in [9.17, 15) is 0 Å². The van der Waals surface area contributed by atoms with E-state index in [1.54, 1.807) is 0 Å². The fraction of sp³-hybridized carbons (Fsp3) is 0.294. The first kappa shape index (κ1) is 17.3. The van der Waals surface area contributed by atoms with E-state index in [4.69, 9.17) is 11.6 Å². The van der Waals surface area contributed by atoms with Crippen molar-refractivity contribution < 1.29 is 0 Å². The zero-order valence-electron chi connectivity index (χ0n) is 11.9. The van der Waals surface area contributed by atoms with Gasteiger partial charge in [0, 0.05) is 19.1 Å². The van der Waals surface area contributed by atoms with E-state index in [1.807, 2.05) is 18.2 Å². The van der Waals surface area contributed by atoms with Crippen molar-refractivity contribution in [1.29, 1.82) is 0 Å². The maximum atomic E-state index is 6.11. The Kier molecular flexibility index (Phi) is 6.99. The Labute approximate surface area is 153 Å². The van der Waals surface area contributed by atoms with Crippen LogP contribution in [0.5, 0.6) is 0 Å². The maximum Gasteiger partial charge on any atom is 0.0408 e. The standard InChI is InChI=1S/C17H18BrClIN/c1-2-8-21-17(10-12-4-3-5-14(19)9-12)15-11-13(18)6-7-16(15)20/h3-7,9,11,17,21H,2,8,10H2,1H3. The molecule has 112 valence electrons. The van der Waals surface area contributed by atoms with Crippen molar-refractivity contribution in [1.82, 2.24) is 5.32 Å². The normalized spacial score (nSPS) is 12.4. The minimum Gasteiger partial charge on any atom is -0.310 e. The summed E-state index contributed by atoms with van der Waals surface area (Å²) in [7, 11) is 0. The molecule has 0 heterocycles. The van der Waals surface area contributed by atoms with Crippen LogP contribution in [0.1, 0.15) is 30.5 Å². The first-order valence-electron chi connectivity index (χ1n) is 7.03. The van der Waals surface area contributed by atoms with Crippen molar-refractivity contribution in [3.63, 3.8) is 0 Å².